The standard InChI is InChI=1S/C23H16BrNO2S2/c24-18-11-12-19(17(13-18)14-20-22(26)25-23(28)29-20)27-21(15-7-3-1-4-8-15)16-9-5-2-6-10-16/h1-14,21H,(H,25,26,28)/b20-14+. The molecule has 0 bridgehead atoms. The van der Waals surface area contributed by atoms with Crippen LogP contribution in [0.2, 0.25) is 0 Å². The molecule has 0 radical (unpaired) electrons. The topological polar surface area (TPSA) is 38.3 Å². The van der Waals surface area contributed by atoms with Gasteiger partial charge in [-0.15, -0.1) is 0 Å². The number of hydrogen-bond acceptors (Lipinski definition) is 4. The lowest BCUT2D eigenvalue weighted by atomic mass is 10.0. The summed E-state index contributed by atoms with van der Waals surface area (Å²) in [5.74, 6) is 0.498. The molecule has 0 saturated carbocycles. The van der Waals surface area contributed by atoms with Crippen LogP contribution in [-0.4, -0.2) is 10.2 Å². The quantitative estimate of drug-likeness (QED) is 0.352. The number of ether oxygens (including phenoxy) is 1. The molecular weight excluding hydrogens is 466 g/mol. The van der Waals surface area contributed by atoms with Crippen LogP contribution in [0.1, 0.15) is 22.8 Å². The zero-order valence-electron chi connectivity index (χ0n) is 15.2. The summed E-state index contributed by atoms with van der Waals surface area (Å²) in [6.45, 7) is 0. The van der Waals surface area contributed by atoms with Crippen LogP contribution in [0.15, 0.2) is 88.2 Å². The molecule has 1 saturated heterocycles. The SMILES string of the molecule is O=C1NC(=S)S/C1=C/c1cc(Br)ccc1OC(c1ccccc1)c1ccccc1. The molecule has 6 heteroatoms. The van der Waals surface area contributed by atoms with E-state index in [2.05, 4.69) is 21.2 Å². The molecule has 0 aromatic heterocycles. The zero-order valence-corrected chi connectivity index (χ0v) is 18.4. The number of carbonyl (C=O) groups excluding carboxylic acids is 1. The third-order valence-electron chi connectivity index (χ3n) is 4.35. The molecule has 1 fully saturated rings. The van der Waals surface area contributed by atoms with Crippen molar-refractivity contribution in [1.29, 1.82) is 0 Å². The number of thiocarbonyl (C=S) groups is 1. The minimum atomic E-state index is -0.276. The number of nitrogens with one attached hydrogen (secondary N) is 1. The highest BCUT2D eigenvalue weighted by Crippen LogP contribution is 2.35. The van der Waals surface area contributed by atoms with Gasteiger partial charge >= 0.3 is 0 Å². The Balaban J connectivity index is 1.75. The molecule has 0 spiro atoms. The predicted octanol–water partition coefficient (Wildman–Crippen LogP) is 6.11. The Morgan fingerprint density at radius 1 is 0.966 bits per heavy atom. The van der Waals surface area contributed by atoms with Crippen molar-refractivity contribution < 1.29 is 9.53 Å². The van der Waals surface area contributed by atoms with Crippen LogP contribution < -0.4 is 10.1 Å². The summed E-state index contributed by atoms with van der Waals surface area (Å²) < 4.78 is 7.87. The van der Waals surface area contributed by atoms with E-state index in [1.807, 2.05) is 84.9 Å². The van der Waals surface area contributed by atoms with Gasteiger partial charge in [-0.05, 0) is 35.4 Å². The van der Waals surface area contributed by atoms with Crippen LogP contribution in [0.4, 0.5) is 0 Å². The van der Waals surface area contributed by atoms with E-state index < -0.39 is 0 Å². The van der Waals surface area contributed by atoms with Crippen molar-refractivity contribution in [2.24, 2.45) is 0 Å². The number of carbonyl (C=O) groups is 1. The molecule has 3 nitrogen and oxygen atoms in total. The Hall–Kier alpha value is -2.41. The molecule has 3 aromatic rings. The van der Waals surface area contributed by atoms with Crippen LogP contribution in [-0.2, 0) is 4.79 Å². The van der Waals surface area contributed by atoms with Crippen LogP contribution >= 0.6 is 39.9 Å². The van der Waals surface area contributed by atoms with Crippen molar-refractivity contribution in [3.8, 4) is 5.75 Å². The molecule has 0 unspecified atom stereocenters. The van der Waals surface area contributed by atoms with E-state index in [9.17, 15) is 4.79 Å². The van der Waals surface area contributed by atoms with Crippen molar-refractivity contribution in [2.75, 3.05) is 0 Å². The Kier molecular flexibility index (Phi) is 6.13. The maximum atomic E-state index is 12.1. The molecule has 29 heavy (non-hydrogen) atoms. The van der Waals surface area contributed by atoms with E-state index in [0.29, 0.717) is 15.0 Å². The van der Waals surface area contributed by atoms with Crippen molar-refractivity contribution in [3.05, 3.63) is 105 Å². The van der Waals surface area contributed by atoms with Crippen LogP contribution in [0.25, 0.3) is 6.08 Å². The lowest BCUT2D eigenvalue weighted by Gasteiger charge is -2.21. The Labute approximate surface area is 187 Å². The minimum absolute atomic E-state index is 0.186. The molecular formula is C23H16BrNO2S2. The Morgan fingerprint density at radius 2 is 1.59 bits per heavy atom. The smallest absolute Gasteiger partial charge is 0.263 e. The normalized spacial score (nSPS) is 15.0. The maximum absolute atomic E-state index is 12.1. The van der Waals surface area contributed by atoms with E-state index >= 15 is 0 Å². The van der Waals surface area contributed by atoms with Crippen molar-refractivity contribution in [1.82, 2.24) is 5.32 Å². The van der Waals surface area contributed by atoms with Gasteiger partial charge in [-0.25, -0.2) is 0 Å². The molecule has 1 amide bonds. The molecule has 4 rings (SSSR count). The van der Waals surface area contributed by atoms with E-state index in [4.69, 9.17) is 17.0 Å². The van der Waals surface area contributed by atoms with Gasteiger partial charge in [-0.1, -0.05) is 101 Å². The average Bonchev–Trinajstić information content (AvgIpc) is 3.05. The van der Waals surface area contributed by atoms with Gasteiger partial charge in [0.1, 0.15) is 16.2 Å². The molecule has 1 heterocycles. The van der Waals surface area contributed by atoms with Gasteiger partial charge in [0.15, 0.2) is 0 Å². The van der Waals surface area contributed by atoms with E-state index in [1.54, 1.807) is 0 Å². The van der Waals surface area contributed by atoms with Gasteiger partial charge in [0, 0.05) is 10.0 Å². The summed E-state index contributed by atoms with van der Waals surface area (Å²) in [6, 6.07) is 25.9. The van der Waals surface area contributed by atoms with Crippen LogP contribution in [0, 0.1) is 0 Å². The highest BCUT2D eigenvalue weighted by Gasteiger charge is 2.23. The fraction of sp³-hybridized carbons (Fsp3) is 0.0435. The number of benzene rings is 3. The third-order valence-corrected chi connectivity index (χ3v) is 6.01. The molecule has 0 atom stereocenters. The fourth-order valence-corrected chi connectivity index (χ4v) is 4.43. The van der Waals surface area contributed by atoms with Gasteiger partial charge in [0.25, 0.3) is 5.91 Å². The van der Waals surface area contributed by atoms with Gasteiger partial charge in [-0.2, -0.15) is 0 Å². The predicted molar refractivity (Wildman–Crippen MR) is 126 cm³/mol. The first-order valence-corrected chi connectivity index (χ1v) is 10.9. The minimum Gasteiger partial charge on any atom is -0.480 e. The summed E-state index contributed by atoms with van der Waals surface area (Å²) in [5, 5.41) is 2.65. The van der Waals surface area contributed by atoms with Gasteiger partial charge < -0.3 is 10.1 Å². The number of rotatable bonds is 5. The number of hydrogen-bond donors (Lipinski definition) is 1. The monoisotopic (exact) mass is 481 g/mol. The van der Waals surface area contributed by atoms with Crippen LogP contribution in [0.3, 0.4) is 0 Å². The first-order valence-electron chi connectivity index (χ1n) is 8.91. The van der Waals surface area contributed by atoms with E-state index in [0.717, 1.165) is 21.2 Å². The summed E-state index contributed by atoms with van der Waals surface area (Å²) >= 11 is 9.86. The highest BCUT2D eigenvalue weighted by molar-refractivity contribution is 9.10. The second-order valence-electron chi connectivity index (χ2n) is 6.35. The first kappa shape index (κ1) is 19.9. The van der Waals surface area contributed by atoms with Gasteiger partial charge in [0.2, 0.25) is 0 Å². The largest absolute Gasteiger partial charge is 0.480 e. The summed E-state index contributed by atoms with van der Waals surface area (Å²) in [5.41, 5.74) is 2.90. The maximum Gasteiger partial charge on any atom is 0.263 e. The lowest BCUT2D eigenvalue weighted by Crippen LogP contribution is -2.17. The Morgan fingerprint density at radius 3 is 2.14 bits per heavy atom. The third kappa shape index (κ3) is 4.78. The molecule has 3 aromatic carbocycles. The second-order valence-corrected chi connectivity index (χ2v) is 8.99. The second kappa shape index (κ2) is 8.95. The highest BCUT2D eigenvalue weighted by atomic mass is 79.9. The van der Waals surface area contributed by atoms with Crippen molar-refractivity contribution >= 4 is 56.2 Å². The fourth-order valence-electron chi connectivity index (χ4n) is 3.01. The molecule has 1 aliphatic rings. The van der Waals surface area contributed by atoms with Gasteiger partial charge in [0.05, 0.1) is 4.91 Å². The summed E-state index contributed by atoms with van der Waals surface area (Å²) in [4.78, 5) is 12.7. The van der Waals surface area contributed by atoms with Gasteiger partial charge in [-0.3, -0.25) is 4.79 Å². The summed E-state index contributed by atoms with van der Waals surface area (Å²) in [7, 11) is 0. The zero-order chi connectivity index (χ0) is 20.2. The molecule has 0 aliphatic carbocycles. The number of amides is 1. The number of halogens is 1. The molecule has 1 N–H and O–H groups in total. The van der Waals surface area contributed by atoms with Crippen LogP contribution in [0.5, 0.6) is 5.75 Å². The lowest BCUT2D eigenvalue weighted by molar-refractivity contribution is -0.115. The average molecular weight is 482 g/mol. The van der Waals surface area contributed by atoms with E-state index in [1.165, 1.54) is 11.8 Å². The summed E-state index contributed by atoms with van der Waals surface area (Å²) in [6.07, 6.45) is 1.54. The number of thioether (sulfide) groups is 1. The Bertz CT molecular complexity index is 1050. The molecule has 1 aliphatic heterocycles. The molecule has 144 valence electrons. The van der Waals surface area contributed by atoms with E-state index in [-0.39, 0.29) is 12.0 Å². The van der Waals surface area contributed by atoms with Crippen molar-refractivity contribution in [3.63, 3.8) is 0 Å². The van der Waals surface area contributed by atoms with Crippen molar-refractivity contribution in [2.45, 2.75) is 6.10 Å². The first-order chi connectivity index (χ1) is 14.1.